The Labute approximate surface area is 202 Å². The second-order valence-electron chi connectivity index (χ2n) is 7.81. The molecule has 35 heavy (non-hydrogen) atoms. The van der Waals surface area contributed by atoms with Crippen molar-refractivity contribution in [1.29, 1.82) is 0 Å². The molecule has 0 heterocycles. The molecule has 0 aromatic heterocycles. The van der Waals surface area contributed by atoms with Crippen molar-refractivity contribution in [3.8, 4) is 22.6 Å². The highest BCUT2D eigenvalue weighted by molar-refractivity contribution is 5.77. The number of hydrogen-bond acceptors (Lipinski definition) is 3. The van der Waals surface area contributed by atoms with Gasteiger partial charge in [-0.15, -0.1) is 6.58 Å². The Hall–Kier alpha value is -3.61. The van der Waals surface area contributed by atoms with E-state index >= 15 is 0 Å². The number of hydrogen-bond donors (Lipinski definition) is 0. The molecule has 3 aromatic rings. The van der Waals surface area contributed by atoms with Crippen LogP contribution in [-0.4, -0.2) is 20.0 Å². The van der Waals surface area contributed by atoms with E-state index < -0.39 is 35.1 Å². The lowest BCUT2D eigenvalue weighted by Crippen LogP contribution is -2.16. The predicted octanol–water partition coefficient (Wildman–Crippen LogP) is 7.69. The third-order valence-corrected chi connectivity index (χ3v) is 5.66. The maximum absolute atomic E-state index is 14.5. The Kier molecular flexibility index (Phi) is 8.68. The van der Waals surface area contributed by atoms with Gasteiger partial charge in [0.05, 0.1) is 13.7 Å². The average Bonchev–Trinajstić information content (AvgIpc) is 2.88. The first-order valence-corrected chi connectivity index (χ1v) is 11.1. The lowest BCUT2D eigenvalue weighted by Gasteiger charge is -2.28. The zero-order valence-corrected chi connectivity index (χ0v) is 19.5. The summed E-state index contributed by atoms with van der Waals surface area (Å²) in [6, 6.07) is 13.1. The fourth-order valence-electron chi connectivity index (χ4n) is 3.90. The zero-order valence-electron chi connectivity index (χ0n) is 19.5. The molecule has 0 saturated heterocycles. The number of allylic oxidation sites excluding steroid dienone is 1. The number of carbonyl (C=O) groups excluding carboxylic acids is 1. The molecule has 0 N–H and O–H groups in total. The minimum Gasteiger partial charge on any atom is -0.494 e. The van der Waals surface area contributed by atoms with Gasteiger partial charge in [0, 0.05) is 16.7 Å². The van der Waals surface area contributed by atoms with Crippen molar-refractivity contribution in [3.63, 3.8) is 0 Å². The number of fused-ring (bicyclic) bond motifs is 3. The standard InChI is InChI=1S/C17H14F4O2.C11H12O/c1-3-23-11-7-5-9-8-4-6-10(22-2)14(18)12(8)16(20)17(21)13(9)15(11)19;1-2-3-4-10-5-7-11(9-12)8-6-10/h4-7,16-17H,3H2,1-2H3;2,5-9H,1,3-4H2. The first kappa shape index (κ1) is 26.0. The van der Waals surface area contributed by atoms with Gasteiger partial charge in [-0.1, -0.05) is 42.5 Å². The molecule has 0 radical (unpaired) electrons. The molecule has 3 aromatic carbocycles. The number of benzene rings is 3. The van der Waals surface area contributed by atoms with Gasteiger partial charge in [0.25, 0.3) is 0 Å². The molecular formula is C28H26F4O3. The number of methoxy groups -OCH3 is 1. The third-order valence-electron chi connectivity index (χ3n) is 5.66. The summed E-state index contributed by atoms with van der Waals surface area (Å²) in [5.74, 6) is -2.27. The molecule has 0 amide bonds. The van der Waals surface area contributed by atoms with Gasteiger partial charge in [-0.2, -0.15) is 0 Å². The van der Waals surface area contributed by atoms with E-state index in [-0.39, 0.29) is 29.2 Å². The zero-order chi connectivity index (χ0) is 25.5. The molecule has 0 bridgehead atoms. The molecule has 0 saturated carbocycles. The van der Waals surface area contributed by atoms with Crippen LogP contribution in [0.5, 0.6) is 11.5 Å². The highest BCUT2D eigenvalue weighted by Gasteiger charge is 2.40. The molecular weight excluding hydrogens is 460 g/mol. The largest absolute Gasteiger partial charge is 0.494 e. The molecule has 2 atom stereocenters. The van der Waals surface area contributed by atoms with Gasteiger partial charge in [-0.25, -0.2) is 17.6 Å². The topological polar surface area (TPSA) is 35.5 Å². The summed E-state index contributed by atoms with van der Waals surface area (Å²) in [5.41, 5.74) is 1.32. The van der Waals surface area contributed by atoms with Crippen molar-refractivity contribution in [1.82, 2.24) is 0 Å². The summed E-state index contributed by atoms with van der Waals surface area (Å²) >= 11 is 0. The van der Waals surface area contributed by atoms with Gasteiger partial charge < -0.3 is 9.47 Å². The number of rotatable bonds is 7. The highest BCUT2D eigenvalue weighted by atomic mass is 19.2. The first-order chi connectivity index (χ1) is 16.9. The second kappa shape index (κ2) is 11.7. The molecule has 1 aliphatic rings. The maximum Gasteiger partial charge on any atom is 0.171 e. The van der Waals surface area contributed by atoms with E-state index in [1.54, 1.807) is 6.92 Å². The van der Waals surface area contributed by atoms with Crippen LogP contribution in [0.25, 0.3) is 11.1 Å². The van der Waals surface area contributed by atoms with E-state index in [0.717, 1.165) is 24.7 Å². The molecule has 0 spiro atoms. The summed E-state index contributed by atoms with van der Waals surface area (Å²) in [7, 11) is 1.23. The van der Waals surface area contributed by atoms with Gasteiger partial charge in [0.15, 0.2) is 35.5 Å². The average molecular weight is 487 g/mol. The highest BCUT2D eigenvalue weighted by Crippen LogP contribution is 2.52. The molecule has 4 rings (SSSR count). The molecule has 0 fully saturated rings. The van der Waals surface area contributed by atoms with Crippen LogP contribution in [0.15, 0.2) is 61.2 Å². The third kappa shape index (κ3) is 5.39. The van der Waals surface area contributed by atoms with Crippen LogP contribution in [0.3, 0.4) is 0 Å². The van der Waals surface area contributed by atoms with E-state index in [9.17, 15) is 22.4 Å². The van der Waals surface area contributed by atoms with Gasteiger partial charge in [0.2, 0.25) is 0 Å². The van der Waals surface area contributed by atoms with Crippen LogP contribution in [-0.2, 0) is 6.42 Å². The van der Waals surface area contributed by atoms with Crippen LogP contribution in [0.2, 0.25) is 0 Å². The Morgan fingerprint density at radius 3 is 1.91 bits per heavy atom. The van der Waals surface area contributed by atoms with E-state index in [0.29, 0.717) is 0 Å². The van der Waals surface area contributed by atoms with Crippen LogP contribution in [0.1, 0.15) is 52.7 Å². The van der Waals surface area contributed by atoms with Crippen molar-refractivity contribution in [2.75, 3.05) is 13.7 Å². The maximum atomic E-state index is 14.5. The van der Waals surface area contributed by atoms with Crippen molar-refractivity contribution in [2.45, 2.75) is 32.1 Å². The fraction of sp³-hybridized carbons (Fsp3) is 0.250. The Balaban J connectivity index is 0.000000241. The van der Waals surface area contributed by atoms with E-state index in [4.69, 9.17) is 9.47 Å². The molecule has 1 aliphatic carbocycles. The smallest absolute Gasteiger partial charge is 0.171 e. The summed E-state index contributed by atoms with van der Waals surface area (Å²) in [5, 5.41) is 0. The molecule has 0 aliphatic heterocycles. The van der Waals surface area contributed by atoms with Crippen molar-refractivity contribution in [2.24, 2.45) is 0 Å². The number of aldehydes is 1. The van der Waals surface area contributed by atoms with Crippen LogP contribution in [0, 0.1) is 11.6 Å². The molecule has 3 nitrogen and oxygen atoms in total. The first-order valence-electron chi connectivity index (χ1n) is 11.1. The quantitative estimate of drug-likeness (QED) is 0.195. The van der Waals surface area contributed by atoms with Crippen LogP contribution in [0.4, 0.5) is 17.6 Å². The summed E-state index contributed by atoms with van der Waals surface area (Å²) in [6.07, 6.45) is 0.104. The number of carbonyl (C=O) groups is 1. The Morgan fingerprint density at radius 1 is 0.886 bits per heavy atom. The molecule has 184 valence electrons. The lowest BCUT2D eigenvalue weighted by molar-refractivity contribution is 0.112. The van der Waals surface area contributed by atoms with E-state index in [1.807, 2.05) is 30.3 Å². The predicted molar refractivity (Wildman–Crippen MR) is 128 cm³/mol. The minimum absolute atomic E-state index is 0.113. The van der Waals surface area contributed by atoms with Crippen molar-refractivity contribution < 1.29 is 31.8 Å². The Bertz CT molecular complexity index is 1190. The number of halogens is 4. The summed E-state index contributed by atoms with van der Waals surface area (Å²) in [4.78, 5) is 10.3. The second-order valence-corrected chi connectivity index (χ2v) is 7.81. The van der Waals surface area contributed by atoms with Gasteiger partial charge in [-0.05, 0) is 48.6 Å². The number of aryl methyl sites for hydroxylation is 1. The van der Waals surface area contributed by atoms with Gasteiger partial charge in [0.1, 0.15) is 6.29 Å². The van der Waals surface area contributed by atoms with Crippen molar-refractivity contribution in [3.05, 3.63) is 95.1 Å². The van der Waals surface area contributed by atoms with Crippen LogP contribution < -0.4 is 9.47 Å². The molecule has 2 unspecified atom stereocenters. The van der Waals surface area contributed by atoms with Crippen molar-refractivity contribution >= 4 is 6.29 Å². The number of ether oxygens (including phenoxy) is 2. The normalized spacial score (nSPS) is 15.7. The molecule has 7 heteroatoms. The number of alkyl halides is 2. The Morgan fingerprint density at radius 2 is 1.43 bits per heavy atom. The van der Waals surface area contributed by atoms with E-state index in [2.05, 4.69) is 6.58 Å². The fourth-order valence-corrected chi connectivity index (χ4v) is 3.90. The van der Waals surface area contributed by atoms with E-state index in [1.165, 1.54) is 36.9 Å². The summed E-state index contributed by atoms with van der Waals surface area (Å²) < 4.78 is 67.6. The minimum atomic E-state index is -2.32. The summed E-state index contributed by atoms with van der Waals surface area (Å²) in [6.45, 7) is 5.50. The van der Waals surface area contributed by atoms with Gasteiger partial charge in [-0.3, -0.25) is 4.79 Å². The van der Waals surface area contributed by atoms with Gasteiger partial charge >= 0.3 is 0 Å². The monoisotopic (exact) mass is 486 g/mol. The van der Waals surface area contributed by atoms with Crippen LogP contribution >= 0.6 is 0 Å². The SMILES string of the molecule is C=CCCc1ccc(C=O)cc1.CCOc1ccc2c(c1F)C(F)C(F)c1c-2ccc(OC)c1F. The lowest BCUT2D eigenvalue weighted by atomic mass is 9.82.